The Kier molecular flexibility index (Phi) is 5.70. The predicted molar refractivity (Wildman–Crippen MR) is 97.7 cm³/mol. The van der Waals surface area contributed by atoms with E-state index in [0.717, 1.165) is 29.9 Å². The number of nitrogens with one attached hydrogen (secondary N) is 1. The first-order valence-corrected chi connectivity index (χ1v) is 8.86. The quantitative estimate of drug-likeness (QED) is 0.831. The molecule has 1 saturated heterocycles. The average molecular weight is 375 g/mol. The van der Waals surface area contributed by atoms with Crippen molar-refractivity contribution in [2.75, 3.05) is 20.2 Å². The van der Waals surface area contributed by atoms with Crippen LogP contribution in [0.4, 0.5) is 0 Å². The number of hydrogen-bond donors (Lipinski definition) is 1. The average Bonchev–Trinajstić information content (AvgIpc) is 3.01. The minimum atomic E-state index is 0.569. The summed E-state index contributed by atoms with van der Waals surface area (Å²) in [5, 5.41) is 3.68. The van der Waals surface area contributed by atoms with Gasteiger partial charge in [0.25, 0.3) is 0 Å². The highest BCUT2D eigenvalue weighted by molar-refractivity contribution is 9.10. The second kappa shape index (κ2) is 7.95. The Morgan fingerprint density at radius 2 is 2.00 bits per heavy atom. The van der Waals surface area contributed by atoms with Crippen LogP contribution in [0.15, 0.2) is 53.0 Å². The summed E-state index contributed by atoms with van der Waals surface area (Å²) in [6, 6.07) is 17.5. The van der Waals surface area contributed by atoms with Crippen molar-refractivity contribution in [2.24, 2.45) is 0 Å². The summed E-state index contributed by atoms with van der Waals surface area (Å²) < 4.78 is 6.29. The van der Waals surface area contributed by atoms with E-state index in [9.17, 15) is 0 Å². The molecule has 0 spiro atoms. The van der Waals surface area contributed by atoms with E-state index in [1.807, 2.05) is 6.07 Å². The molecule has 23 heavy (non-hydrogen) atoms. The molecule has 1 atom stereocenters. The van der Waals surface area contributed by atoms with Gasteiger partial charge in [0.05, 0.1) is 11.6 Å². The molecule has 0 aliphatic carbocycles. The standard InChI is InChI=1S/C19H23BrN2O/c1-23-19-8-7-16(11-18(19)20)12-21-17-9-10-22(14-17)13-15-5-3-2-4-6-15/h2-8,11,17,21H,9-10,12-14H2,1H3. The van der Waals surface area contributed by atoms with Crippen LogP contribution in [-0.4, -0.2) is 31.1 Å². The molecular formula is C19H23BrN2O. The SMILES string of the molecule is COc1ccc(CNC2CCN(Cc3ccccc3)C2)cc1Br. The van der Waals surface area contributed by atoms with Crippen molar-refractivity contribution in [3.05, 3.63) is 64.1 Å². The summed E-state index contributed by atoms with van der Waals surface area (Å²) in [6.45, 7) is 4.23. The normalized spacial score (nSPS) is 18.3. The maximum Gasteiger partial charge on any atom is 0.133 e. The first-order chi connectivity index (χ1) is 11.2. The fourth-order valence-corrected chi connectivity index (χ4v) is 3.65. The summed E-state index contributed by atoms with van der Waals surface area (Å²) >= 11 is 3.55. The van der Waals surface area contributed by atoms with Crippen molar-refractivity contribution in [1.82, 2.24) is 10.2 Å². The van der Waals surface area contributed by atoms with E-state index in [2.05, 4.69) is 68.6 Å². The van der Waals surface area contributed by atoms with Crippen molar-refractivity contribution < 1.29 is 4.74 Å². The predicted octanol–water partition coefficient (Wildman–Crippen LogP) is 3.82. The smallest absolute Gasteiger partial charge is 0.133 e. The molecular weight excluding hydrogens is 352 g/mol. The van der Waals surface area contributed by atoms with E-state index < -0.39 is 0 Å². The second-order valence-electron chi connectivity index (χ2n) is 6.06. The van der Waals surface area contributed by atoms with Crippen LogP contribution >= 0.6 is 15.9 Å². The van der Waals surface area contributed by atoms with Gasteiger partial charge in [0.2, 0.25) is 0 Å². The van der Waals surface area contributed by atoms with Crippen molar-refractivity contribution in [3.8, 4) is 5.75 Å². The van der Waals surface area contributed by atoms with Crippen molar-refractivity contribution in [2.45, 2.75) is 25.6 Å². The molecule has 0 aromatic heterocycles. The molecule has 0 bridgehead atoms. The monoisotopic (exact) mass is 374 g/mol. The van der Waals surface area contributed by atoms with Gasteiger partial charge < -0.3 is 10.1 Å². The fraction of sp³-hybridized carbons (Fsp3) is 0.368. The van der Waals surface area contributed by atoms with Crippen molar-refractivity contribution >= 4 is 15.9 Å². The molecule has 0 radical (unpaired) electrons. The molecule has 3 nitrogen and oxygen atoms in total. The third-order valence-corrected chi connectivity index (χ3v) is 4.95. The topological polar surface area (TPSA) is 24.5 Å². The molecule has 1 fully saturated rings. The fourth-order valence-electron chi connectivity index (χ4n) is 3.07. The molecule has 1 unspecified atom stereocenters. The van der Waals surface area contributed by atoms with E-state index in [0.29, 0.717) is 6.04 Å². The first kappa shape index (κ1) is 16.5. The zero-order valence-corrected chi connectivity index (χ0v) is 15.1. The van der Waals surface area contributed by atoms with Gasteiger partial charge >= 0.3 is 0 Å². The molecule has 4 heteroatoms. The van der Waals surface area contributed by atoms with Crippen LogP contribution in [0.3, 0.4) is 0 Å². The van der Waals surface area contributed by atoms with Crippen LogP contribution < -0.4 is 10.1 Å². The third-order valence-electron chi connectivity index (χ3n) is 4.33. The van der Waals surface area contributed by atoms with Crippen molar-refractivity contribution in [1.29, 1.82) is 0 Å². The van der Waals surface area contributed by atoms with Gasteiger partial charge in [-0.25, -0.2) is 0 Å². The summed E-state index contributed by atoms with van der Waals surface area (Å²) in [7, 11) is 1.69. The Morgan fingerprint density at radius 1 is 1.17 bits per heavy atom. The largest absolute Gasteiger partial charge is 0.496 e. The van der Waals surface area contributed by atoms with Crippen molar-refractivity contribution in [3.63, 3.8) is 0 Å². The number of methoxy groups -OCH3 is 1. The number of ether oxygens (including phenoxy) is 1. The molecule has 2 aromatic rings. The Labute approximate surface area is 146 Å². The van der Waals surface area contributed by atoms with Crippen LogP contribution in [0.2, 0.25) is 0 Å². The zero-order valence-electron chi connectivity index (χ0n) is 13.5. The number of nitrogens with zero attached hydrogens (tertiary/aromatic N) is 1. The molecule has 1 N–H and O–H groups in total. The molecule has 1 heterocycles. The second-order valence-corrected chi connectivity index (χ2v) is 6.91. The van der Waals surface area contributed by atoms with Crippen LogP contribution in [0.5, 0.6) is 5.75 Å². The van der Waals surface area contributed by atoms with Gasteiger partial charge in [-0.15, -0.1) is 0 Å². The van der Waals surface area contributed by atoms with Crippen LogP contribution in [0.25, 0.3) is 0 Å². The van der Waals surface area contributed by atoms with Crippen LogP contribution in [0, 0.1) is 0 Å². The van der Waals surface area contributed by atoms with Gasteiger partial charge in [0.1, 0.15) is 5.75 Å². The van der Waals surface area contributed by atoms with Gasteiger partial charge in [-0.2, -0.15) is 0 Å². The van der Waals surface area contributed by atoms with E-state index in [4.69, 9.17) is 4.74 Å². The Bertz CT molecular complexity index is 633. The van der Waals surface area contributed by atoms with Gasteiger partial charge in [-0.1, -0.05) is 36.4 Å². The molecule has 1 aliphatic heterocycles. The van der Waals surface area contributed by atoms with E-state index >= 15 is 0 Å². The summed E-state index contributed by atoms with van der Waals surface area (Å²) in [5.74, 6) is 0.878. The minimum absolute atomic E-state index is 0.569. The molecule has 1 aliphatic rings. The Morgan fingerprint density at radius 3 is 2.74 bits per heavy atom. The molecule has 122 valence electrons. The number of rotatable bonds is 6. The summed E-state index contributed by atoms with van der Waals surface area (Å²) in [4.78, 5) is 2.52. The molecule has 3 rings (SSSR count). The van der Waals surface area contributed by atoms with Gasteiger partial charge in [0.15, 0.2) is 0 Å². The highest BCUT2D eigenvalue weighted by atomic mass is 79.9. The number of hydrogen-bond acceptors (Lipinski definition) is 3. The van der Waals surface area contributed by atoms with Gasteiger partial charge in [0, 0.05) is 32.2 Å². The Hall–Kier alpha value is -1.36. The molecule has 2 aromatic carbocycles. The maximum absolute atomic E-state index is 5.27. The lowest BCUT2D eigenvalue weighted by molar-refractivity contribution is 0.320. The third kappa shape index (κ3) is 4.56. The number of likely N-dealkylation sites (tertiary alicyclic amines) is 1. The van der Waals surface area contributed by atoms with Crippen LogP contribution in [-0.2, 0) is 13.1 Å². The lowest BCUT2D eigenvalue weighted by Crippen LogP contribution is -2.31. The maximum atomic E-state index is 5.27. The van der Waals surface area contributed by atoms with Crippen LogP contribution in [0.1, 0.15) is 17.5 Å². The highest BCUT2D eigenvalue weighted by Gasteiger charge is 2.21. The lowest BCUT2D eigenvalue weighted by atomic mass is 10.2. The van der Waals surface area contributed by atoms with E-state index in [-0.39, 0.29) is 0 Å². The van der Waals surface area contributed by atoms with E-state index in [1.54, 1.807) is 7.11 Å². The summed E-state index contributed by atoms with van der Waals surface area (Å²) in [5.41, 5.74) is 2.67. The van der Waals surface area contributed by atoms with E-state index in [1.165, 1.54) is 24.1 Å². The highest BCUT2D eigenvalue weighted by Crippen LogP contribution is 2.25. The summed E-state index contributed by atoms with van der Waals surface area (Å²) in [6.07, 6.45) is 1.21. The minimum Gasteiger partial charge on any atom is -0.496 e. The van der Waals surface area contributed by atoms with Gasteiger partial charge in [-0.3, -0.25) is 4.90 Å². The first-order valence-electron chi connectivity index (χ1n) is 8.06. The molecule has 0 saturated carbocycles. The Balaban J connectivity index is 1.47. The van der Waals surface area contributed by atoms with Gasteiger partial charge in [-0.05, 0) is 45.6 Å². The lowest BCUT2D eigenvalue weighted by Gasteiger charge is -2.17. The molecule has 0 amide bonds. The number of halogens is 1. The number of benzene rings is 2. The zero-order chi connectivity index (χ0) is 16.1.